The van der Waals surface area contributed by atoms with Crippen LogP contribution in [0.15, 0.2) is 0 Å². The van der Waals surface area contributed by atoms with Crippen LogP contribution in [0.3, 0.4) is 0 Å². The summed E-state index contributed by atoms with van der Waals surface area (Å²) >= 11 is 2.05. The fraction of sp³-hybridized carbons (Fsp3) is 0.917. The fourth-order valence-electron chi connectivity index (χ4n) is 2.00. The molecule has 0 saturated carbocycles. The number of hydrogen-bond donors (Lipinski definition) is 1. The lowest BCUT2D eigenvalue weighted by Crippen LogP contribution is -2.40. The van der Waals surface area contributed by atoms with Crippen molar-refractivity contribution in [2.75, 3.05) is 31.9 Å². The maximum atomic E-state index is 11.7. The molecule has 4 heteroatoms. The number of nitrogens with one attached hydrogen (secondary N) is 1. The third kappa shape index (κ3) is 4.74. The minimum atomic E-state index is 0.228. The van der Waals surface area contributed by atoms with Gasteiger partial charge in [-0.25, -0.2) is 0 Å². The van der Waals surface area contributed by atoms with Gasteiger partial charge in [0, 0.05) is 24.9 Å². The number of nitrogens with zero attached hydrogens (tertiary/aromatic N) is 1. The van der Waals surface area contributed by atoms with Crippen LogP contribution in [0, 0.1) is 0 Å². The molecule has 1 saturated heterocycles. The van der Waals surface area contributed by atoms with Gasteiger partial charge in [-0.3, -0.25) is 4.79 Å². The van der Waals surface area contributed by atoms with E-state index < -0.39 is 0 Å². The summed E-state index contributed by atoms with van der Waals surface area (Å²) in [5, 5.41) is 4.01. The van der Waals surface area contributed by atoms with E-state index in [1.165, 1.54) is 25.0 Å². The predicted octanol–water partition coefficient (Wildman–Crippen LogP) is 1.73. The Morgan fingerprint density at radius 1 is 1.38 bits per heavy atom. The van der Waals surface area contributed by atoms with Crippen LogP contribution in [0.25, 0.3) is 0 Å². The quantitative estimate of drug-likeness (QED) is 0.772. The van der Waals surface area contributed by atoms with Crippen molar-refractivity contribution >= 4 is 17.7 Å². The average molecular weight is 244 g/mol. The summed E-state index contributed by atoms with van der Waals surface area (Å²) in [5.74, 6) is 1.52. The first-order valence-electron chi connectivity index (χ1n) is 6.38. The highest BCUT2D eigenvalue weighted by molar-refractivity contribution is 7.99. The Bertz CT molecular complexity index is 201. The Morgan fingerprint density at radius 3 is 2.69 bits per heavy atom. The second kappa shape index (κ2) is 7.96. The van der Waals surface area contributed by atoms with Crippen LogP contribution in [0.4, 0.5) is 0 Å². The van der Waals surface area contributed by atoms with Crippen LogP contribution >= 0.6 is 11.8 Å². The van der Waals surface area contributed by atoms with Gasteiger partial charge < -0.3 is 10.2 Å². The van der Waals surface area contributed by atoms with Crippen LogP contribution < -0.4 is 5.32 Å². The Hall–Kier alpha value is -0.220. The van der Waals surface area contributed by atoms with E-state index in [9.17, 15) is 4.79 Å². The minimum absolute atomic E-state index is 0.228. The van der Waals surface area contributed by atoms with E-state index in [4.69, 9.17) is 0 Å². The van der Waals surface area contributed by atoms with E-state index in [1.807, 2.05) is 30.5 Å². The highest BCUT2D eigenvalue weighted by atomic mass is 32.2. The fourth-order valence-corrected chi connectivity index (χ4v) is 3.27. The Morgan fingerprint density at radius 2 is 2.12 bits per heavy atom. The van der Waals surface area contributed by atoms with Gasteiger partial charge in [-0.2, -0.15) is 11.8 Å². The summed E-state index contributed by atoms with van der Waals surface area (Å²) in [6.45, 7) is 7.16. The standard InChI is InChI=1S/C12H24N2OS/c1-3-14(4-2)12(15)10-13-9-11-7-5-6-8-16-11/h11,13H,3-10H2,1-2H3. The van der Waals surface area contributed by atoms with Gasteiger partial charge in [-0.05, 0) is 32.4 Å². The van der Waals surface area contributed by atoms with E-state index in [2.05, 4.69) is 5.32 Å². The van der Waals surface area contributed by atoms with Crippen molar-refractivity contribution in [1.82, 2.24) is 10.2 Å². The number of likely N-dealkylation sites (N-methyl/N-ethyl adjacent to an activating group) is 1. The largest absolute Gasteiger partial charge is 0.342 e. The van der Waals surface area contributed by atoms with Crippen molar-refractivity contribution in [2.45, 2.75) is 38.4 Å². The molecule has 1 fully saturated rings. The topological polar surface area (TPSA) is 32.3 Å². The summed E-state index contributed by atoms with van der Waals surface area (Å²) in [5.41, 5.74) is 0. The Kier molecular flexibility index (Phi) is 6.88. The first-order valence-corrected chi connectivity index (χ1v) is 7.42. The molecule has 0 spiro atoms. The summed E-state index contributed by atoms with van der Waals surface area (Å²) < 4.78 is 0. The highest BCUT2D eigenvalue weighted by Crippen LogP contribution is 2.24. The van der Waals surface area contributed by atoms with Crippen LogP contribution in [-0.2, 0) is 4.79 Å². The number of hydrogen-bond acceptors (Lipinski definition) is 3. The molecule has 1 aliphatic rings. The van der Waals surface area contributed by atoms with Crippen molar-refractivity contribution in [1.29, 1.82) is 0 Å². The number of carbonyl (C=O) groups excluding carboxylic acids is 1. The summed E-state index contributed by atoms with van der Waals surface area (Å²) in [6, 6.07) is 0. The van der Waals surface area contributed by atoms with Gasteiger partial charge >= 0.3 is 0 Å². The highest BCUT2D eigenvalue weighted by Gasteiger charge is 2.14. The van der Waals surface area contributed by atoms with Crippen molar-refractivity contribution in [3.05, 3.63) is 0 Å². The monoisotopic (exact) mass is 244 g/mol. The lowest BCUT2D eigenvalue weighted by molar-refractivity contribution is -0.129. The number of thioether (sulfide) groups is 1. The molecule has 1 aliphatic heterocycles. The molecule has 1 atom stereocenters. The summed E-state index contributed by atoms with van der Waals surface area (Å²) in [6.07, 6.45) is 4.01. The lowest BCUT2D eigenvalue weighted by atomic mass is 10.2. The lowest BCUT2D eigenvalue weighted by Gasteiger charge is -2.23. The Labute approximate surface area is 103 Å². The van der Waals surface area contributed by atoms with E-state index in [1.54, 1.807) is 0 Å². The molecule has 1 unspecified atom stereocenters. The molecular weight excluding hydrogens is 220 g/mol. The number of carbonyl (C=O) groups is 1. The molecule has 94 valence electrons. The Balaban J connectivity index is 2.11. The predicted molar refractivity (Wildman–Crippen MR) is 70.9 cm³/mol. The molecule has 0 aromatic heterocycles. The van der Waals surface area contributed by atoms with E-state index in [0.717, 1.165) is 24.9 Å². The van der Waals surface area contributed by atoms with Crippen LogP contribution in [0.5, 0.6) is 0 Å². The maximum absolute atomic E-state index is 11.7. The molecule has 0 aromatic carbocycles. The van der Waals surface area contributed by atoms with Crippen molar-refractivity contribution in [3.63, 3.8) is 0 Å². The van der Waals surface area contributed by atoms with Crippen molar-refractivity contribution in [3.8, 4) is 0 Å². The summed E-state index contributed by atoms with van der Waals surface area (Å²) in [4.78, 5) is 13.6. The van der Waals surface area contributed by atoms with Gasteiger partial charge in [0.15, 0.2) is 0 Å². The SMILES string of the molecule is CCN(CC)C(=O)CNCC1CCCCS1. The van der Waals surface area contributed by atoms with Gasteiger partial charge in [0.25, 0.3) is 0 Å². The van der Waals surface area contributed by atoms with Crippen LogP contribution in [0.1, 0.15) is 33.1 Å². The molecule has 0 radical (unpaired) electrons. The zero-order chi connectivity index (χ0) is 11.8. The first-order chi connectivity index (χ1) is 7.77. The zero-order valence-electron chi connectivity index (χ0n) is 10.5. The molecule has 3 nitrogen and oxygen atoms in total. The van der Waals surface area contributed by atoms with Gasteiger partial charge in [-0.15, -0.1) is 0 Å². The van der Waals surface area contributed by atoms with E-state index >= 15 is 0 Å². The number of rotatable bonds is 6. The molecule has 1 amide bonds. The van der Waals surface area contributed by atoms with E-state index in [0.29, 0.717) is 6.54 Å². The molecular formula is C12H24N2OS. The van der Waals surface area contributed by atoms with Crippen LogP contribution in [0.2, 0.25) is 0 Å². The molecule has 0 bridgehead atoms. The molecule has 1 heterocycles. The van der Waals surface area contributed by atoms with Gasteiger partial charge in [0.2, 0.25) is 5.91 Å². The van der Waals surface area contributed by atoms with Gasteiger partial charge in [0.05, 0.1) is 6.54 Å². The van der Waals surface area contributed by atoms with E-state index in [-0.39, 0.29) is 5.91 Å². The molecule has 1 N–H and O–H groups in total. The molecule has 0 aliphatic carbocycles. The third-order valence-corrected chi connectivity index (χ3v) is 4.44. The van der Waals surface area contributed by atoms with Gasteiger partial charge in [0.1, 0.15) is 0 Å². The normalized spacial score (nSPS) is 20.8. The second-order valence-corrected chi connectivity index (χ2v) is 5.59. The van der Waals surface area contributed by atoms with Crippen molar-refractivity contribution < 1.29 is 4.79 Å². The smallest absolute Gasteiger partial charge is 0.236 e. The average Bonchev–Trinajstić information content (AvgIpc) is 2.32. The third-order valence-electron chi connectivity index (χ3n) is 3.04. The molecule has 1 rings (SSSR count). The van der Waals surface area contributed by atoms with Gasteiger partial charge in [-0.1, -0.05) is 6.42 Å². The minimum Gasteiger partial charge on any atom is -0.342 e. The summed E-state index contributed by atoms with van der Waals surface area (Å²) in [7, 11) is 0. The molecule has 0 aromatic rings. The molecule has 16 heavy (non-hydrogen) atoms. The first kappa shape index (κ1) is 13.8. The zero-order valence-corrected chi connectivity index (χ0v) is 11.3. The van der Waals surface area contributed by atoms with Crippen LogP contribution in [-0.4, -0.2) is 48.0 Å². The second-order valence-electron chi connectivity index (χ2n) is 4.19. The maximum Gasteiger partial charge on any atom is 0.236 e. The number of amides is 1. The van der Waals surface area contributed by atoms with Crippen molar-refractivity contribution in [2.24, 2.45) is 0 Å².